The van der Waals surface area contributed by atoms with Crippen LogP contribution in [0.1, 0.15) is 46.1 Å². The molecule has 5 heteroatoms. The van der Waals surface area contributed by atoms with Crippen LogP contribution in [0.5, 0.6) is 0 Å². The maximum atomic E-state index is 4.77. The fourth-order valence-corrected chi connectivity index (χ4v) is 3.35. The smallest absolute Gasteiger partial charge is 0.143 e. The molecule has 0 atom stereocenters. The van der Waals surface area contributed by atoms with Crippen LogP contribution >= 0.6 is 34.4 Å². The van der Waals surface area contributed by atoms with E-state index < -0.39 is 0 Å². The van der Waals surface area contributed by atoms with Gasteiger partial charge in [0.1, 0.15) is 11.6 Å². The monoisotopic (exact) mass is 407 g/mol. The number of nitrogens with one attached hydrogen (secondary N) is 1. The Kier molecular flexibility index (Phi) is 8.17. The molecule has 0 unspecified atom stereocenters. The molecule has 20 heavy (non-hydrogen) atoms. The van der Waals surface area contributed by atoms with Crippen LogP contribution in [0.15, 0.2) is 0 Å². The Labute approximate surface area is 141 Å². The molecule has 1 heterocycles. The second-order valence-corrected chi connectivity index (χ2v) is 7.90. The second kappa shape index (κ2) is 9.07. The van der Waals surface area contributed by atoms with Crippen LogP contribution in [0.25, 0.3) is 0 Å². The molecule has 0 saturated carbocycles. The minimum atomic E-state index is 0.615. The van der Waals surface area contributed by atoms with Crippen molar-refractivity contribution in [1.29, 1.82) is 0 Å². The Morgan fingerprint density at radius 2 is 1.85 bits per heavy atom. The van der Waals surface area contributed by atoms with E-state index >= 15 is 0 Å². The molecule has 1 rings (SSSR count). The summed E-state index contributed by atoms with van der Waals surface area (Å²) in [4.78, 5) is 9.45. The van der Waals surface area contributed by atoms with Gasteiger partial charge in [-0.15, -0.1) is 0 Å². The van der Waals surface area contributed by atoms with Crippen molar-refractivity contribution in [3.63, 3.8) is 0 Å². The lowest BCUT2D eigenvalue weighted by Gasteiger charge is -2.13. The number of halogens is 1. The Morgan fingerprint density at radius 3 is 2.40 bits per heavy atom. The molecule has 1 aromatic rings. The van der Waals surface area contributed by atoms with Crippen LogP contribution in [0.3, 0.4) is 0 Å². The van der Waals surface area contributed by atoms with Gasteiger partial charge in [0.05, 0.1) is 15.0 Å². The van der Waals surface area contributed by atoms with Crippen LogP contribution in [0, 0.1) is 15.4 Å². The number of thioether (sulfide) groups is 1. The maximum absolute atomic E-state index is 4.77. The Morgan fingerprint density at radius 1 is 1.15 bits per heavy atom. The summed E-state index contributed by atoms with van der Waals surface area (Å²) in [5.74, 6) is 5.35. The van der Waals surface area contributed by atoms with E-state index in [1.807, 2.05) is 11.8 Å². The normalized spacial score (nSPS) is 11.4. The average Bonchev–Trinajstić information content (AvgIpc) is 2.34. The molecule has 0 amide bonds. The highest BCUT2D eigenvalue weighted by Crippen LogP contribution is 2.23. The summed E-state index contributed by atoms with van der Waals surface area (Å²) in [6, 6.07) is 0. The zero-order valence-corrected chi connectivity index (χ0v) is 16.1. The zero-order valence-electron chi connectivity index (χ0n) is 13.2. The molecule has 0 aliphatic carbocycles. The third-order valence-electron chi connectivity index (χ3n) is 2.59. The lowest BCUT2D eigenvalue weighted by atomic mass is 10.1. The largest absolute Gasteiger partial charge is 0.369 e. The van der Waals surface area contributed by atoms with Crippen LogP contribution in [0.4, 0.5) is 5.82 Å². The van der Waals surface area contributed by atoms with E-state index in [9.17, 15) is 0 Å². The number of rotatable bonds is 8. The second-order valence-electron chi connectivity index (χ2n) is 5.79. The standard InChI is InChI=1S/C15H26IN3S/c1-6-17-15-14(16)12(7-10(2)3)18-13(19-15)9-20-8-11(4)5/h10-11H,6-9H2,1-5H3,(H,17,18,19). The van der Waals surface area contributed by atoms with Gasteiger partial charge < -0.3 is 5.32 Å². The number of anilines is 1. The fourth-order valence-electron chi connectivity index (χ4n) is 1.80. The molecule has 0 fully saturated rings. The molecule has 0 radical (unpaired) electrons. The van der Waals surface area contributed by atoms with Crippen LogP contribution in [-0.4, -0.2) is 22.3 Å². The first-order chi connectivity index (χ1) is 9.43. The van der Waals surface area contributed by atoms with Gasteiger partial charge in [0, 0.05) is 6.54 Å². The number of nitrogens with zero attached hydrogens (tertiary/aromatic N) is 2. The van der Waals surface area contributed by atoms with Crippen LogP contribution in [-0.2, 0) is 12.2 Å². The van der Waals surface area contributed by atoms with Gasteiger partial charge in [-0.2, -0.15) is 11.8 Å². The van der Waals surface area contributed by atoms with E-state index in [0.29, 0.717) is 11.8 Å². The molecule has 0 spiro atoms. The average molecular weight is 407 g/mol. The van der Waals surface area contributed by atoms with Gasteiger partial charge in [-0.3, -0.25) is 0 Å². The van der Waals surface area contributed by atoms with Crippen molar-refractivity contribution >= 4 is 40.2 Å². The van der Waals surface area contributed by atoms with Gasteiger partial charge in [0.25, 0.3) is 0 Å². The summed E-state index contributed by atoms with van der Waals surface area (Å²) in [6.07, 6.45) is 1.01. The van der Waals surface area contributed by atoms with Gasteiger partial charge in [-0.05, 0) is 53.5 Å². The van der Waals surface area contributed by atoms with Crippen molar-refractivity contribution in [3.05, 3.63) is 15.1 Å². The summed E-state index contributed by atoms with van der Waals surface area (Å²) in [7, 11) is 0. The first-order valence-corrected chi connectivity index (χ1v) is 9.54. The SMILES string of the molecule is CCNc1nc(CSCC(C)C)nc(CC(C)C)c1I. The Balaban J connectivity index is 2.90. The molecule has 0 aliphatic heterocycles. The molecule has 0 aliphatic rings. The van der Waals surface area contributed by atoms with Crippen molar-refractivity contribution in [1.82, 2.24) is 9.97 Å². The fraction of sp³-hybridized carbons (Fsp3) is 0.733. The lowest BCUT2D eigenvalue weighted by molar-refractivity contribution is 0.629. The summed E-state index contributed by atoms with van der Waals surface area (Å²) < 4.78 is 1.18. The van der Waals surface area contributed by atoms with E-state index in [0.717, 1.165) is 36.1 Å². The molecule has 0 aromatic carbocycles. The lowest BCUT2D eigenvalue weighted by Crippen LogP contribution is -2.11. The Hall–Kier alpha value is -0.0400. The number of hydrogen-bond donors (Lipinski definition) is 1. The third-order valence-corrected chi connectivity index (χ3v) is 5.09. The highest BCUT2D eigenvalue weighted by molar-refractivity contribution is 14.1. The van der Waals surface area contributed by atoms with E-state index in [-0.39, 0.29) is 0 Å². The van der Waals surface area contributed by atoms with Gasteiger partial charge in [-0.1, -0.05) is 27.7 Å². The van der Waals surface area contributed by atoms with E-state index in [1.54, 1.807) is 0 Å². The first kappa shape index (κ1) is 18.0. The first-order valence-electron chi connectivity index (χ1n) is 7.30. The highest BCUT2D eigenvalue weighted by Gasteiger charge is 2.13. The van der Waals surface area contributed by atoms with Crippen molar-refractivity contribution in [2.75, 3.05) is 17.6 Å². The minimum absolute atomic E-state index is 0.615. The van der Waals surface area contributed by atoms with E-state index in [1.165, 1.54) is 9.26 Å². The summed E-state index contributed by atoms with van der Waals surface area (Å²) >= 11 is 4.29. The maximum Gasteiger partial charge on any atom is 0.143 e. The van der Waals surface area contributed by atoms with Crippen molar-refractivity contribution < 1.29 is 0 Å². The number of hydrogen-bond acceptors (Lipinski definition) is 4. The van der Waals surface area contributed by atoms with Gasteiger partial charge in [0.2, 0.25) is 0 Å². The van der Waals surface area contributed by atoms with E-state index in [4.69, 9.17) is 4.98 Å². The molecule has 3 nitrogen and oxygen atoms in total. The summed E-state index contributed by atoms with van der Waals surface area (Å²) in [5.41, 5.74) is 1.19. The van der Waals surface area contributed by atoms with Gasteiger partial charge in [0.15, 0.2) is 0 Å². The molecular formula is C15H26IN3S. The highest BCUT2D eigenvalue weighted by atomic mass is 127. The topological polar surface area (TPSA) is 37.8 Å². The predicted octanol–water partition coefficient (Wildman–Crippen LogP) is 4.60. The van der Waals surface area contributed by atoms with Crippen molar-refractivity contribution in [2.45, 2.75) is 46.8 Å². The van der Waals surface area contributed by atoms with Crippen molar-refractivity contribution in [2.24, 2.45) is 11.8 Å². The molecule has 0 saturated heterocycles. The van der Waals surface area contributed by atoms with E-state index in [2.05, 4.69) is 67.5 Å². The van der Waals surface area contributed by atoms with Gasteiger partial charge in [-0.25, -0.2) is 9.97 Å². The van der Waals surface area contributed by atoms with Gasteiger partial charge >= 0.3 is 0 Å². The molecule has 1 aromatic heterocycles. The quantitative estimate of drug-likeness (QED) is 0.640. The Bertz CT molecular complexity index is 422. The molecular weight excluding hydrogens is 381 g/mol. The van der Waals surface area contributed by atoms with Crippen molar-refractivity contribution in [3.8, 4) is 0 Å². The third kappa shape index (κ3) is 6.16. The molecule has 114 valence electrons. The van der Waals surface area contributed by atoms with Crippen LogP contribution < -0.4 is 5.32 Å². The summed E-state index contributed by atoms with van der Waals surface area (Å²) in [5, 5.41) is 3.36. The zero-order chi connectivity index (χ0) is 15.1. The minimum Gasteiger partial charge on any atom is -0.369 e. The van der Waals surface area contributed by atoms with Crippen LogP contribution in [0.2, 0.25) is 0 Å². The molecule has 1 N–H and O–H groups in total. The molecule has 0 bridgehead atoms. The summed E-state index contributed by atoms with van der Waals surface area (Å²) in [6.45, 7) is 12.0. The number of aromatic nitrogens is 2. The predicted molar refractivity (Wildman–Crippen MR) is 98.5 cm³/mol.